The van der Waals surface area contributed by atoms with Crippen molar-refractivity contribution in [3.63, 3.8) is 0 Å². The second-order valence-corrected chi connectivity index (χ2v) is 4.32. The second-order valence-electron chi connectivity index (χ2n) is 4.32. The van der Waals surface area contributed by atoms with Gasteiger partial charge in [-0.05, 0) is 36.8 Å². The van der Waals surface area contributed by atoms with E-state index < -0.39 is 0 Å². The van der Waals surface area contributed by atoms with Crippen molar-refractivity contribution in [3.05, 3.63) is 71.5 Å². The quantitative estimate of drug-likeness (QED) is 0.825. The molecule has 1 atom stereocenters. The number of halogens is 1. The van der Waals surface area contributed by atoms with E-state index in [2.05, 4.69) is 17.2 Å². The molecule has 0 saturated heterocycles. The fourth-order valence-corrected chi connectivity index (χ4v) is 1.74. The molecule has 96 valence electrons. The first-order valence-corrected chi connectivity index (χ1v) is 6.28. The molecule has 1 N–H and O–H groups in total. The Morgan fingerprint density at radius 1 is 1.05 bits per heavy atom. The lowest BCUT2D eigenvalue weighted by Crippen LogP contribution is -2.18. The van der Waals surface area contributed by atoms with Crippen molar-refractivity contribution in [3.8, 4) is 11.8 Å². The van der Waals surface area contributed by atoms with Crippen molar-refractivity contribution >= 4 is 0 Å². The summed E-state index contributed by atoms with van der Waals surface area (Å²) in [6.45, 7) is 2.64. The Hall–Kier alpha value is -2.11. The van der Waals surface area contributed by atoms with E-state index in [0.29, 0.717) is 6.54 Å². The zero-order valence-electron chi connectivity index (χ0n) is 10.9. The molecule has 2 aromatic rings. The number of hydrogen-bond acceptors (Lipinski definition) is 1. The van der Waals surface area contributed by atoms with Crippen LogP contribution in [0.3, 0.4) is 0 Å². The van der Waals surface area contributed by atoms with Crippen LogP contribution >= 0.6 is 0 Å². The van der Waals surface area contributed by atoms with E-state index in [1.807, 2.05) is 37.3 Å². The minimum atomic E-state index is -0.209. The average Bonchev–Trinajstić information content (AvgIpc) is 2.45. The van der Waals surface area contributed by atoms with Crippen LogP contribution in [-0.2, 0) is 0 Å². The number of rotatable bonds is 3. The van der Waals surface area contributed by atoms with Crippen LogP contribution in [0.2, 0.25) is 0 Å². The highest BCUT2D eigenvalue weighted by molar-refractivity contribution is 5.33. The van der Waals surface area contributed by atoms with Crippen LogP contribution in [-0.4, -0.2) is 6.54 Å². The Kier molecular flexibility index (Phi) is 4.72. The molecule has 0 heterocycles. The maximum atomic E-state index is 12.8. The molecule has 0 aliphatic heterocycles. The zero-order chi connectivity index (χ0) is 13.5. The third-order valence-electron chi connectivity index (χ3n) is 2.87. The van der Waals surface area contributed by atoms with E-state index >= 15 is 0 Å². The predicted octanol–water partition coefficient (Wildman–Crippen LogP) is 3.53. The smallest absolute Gasteiger partial charge is 0.123 e. The third kappa shape index (κ3) is 4.24. The summed E-state index contributed by atoms with van der Waals surface area (Å²) in [6, 6.07) is 16.6. The molecule has 0 spiro atoms. The SMILES string of the molecule is CC(NCC#Cc1ccccc1)c1ccc(F)cc1. The van der Waals surface area contributed by atoms with Crippen LogP contribution < -0.4 is 5.32 Å². The summed E-state index contributed by atoms with van der Waals surface area (Å²) in [5.74, 6) is 5.96. The highest BCUT2D eigenvalue weighted by atomic mass is 19.1. The Bertz CT molecular complexity index is 564. The lowest BCUT2D eigenvalue weighted by molar-refractivity contribution is 0.609. The van der Waals surface area contributed by atoms with E-state index in [9.17, 15) is 4.39 Å². The standard InChI is InChI=1S/C17H16FN/c1-14(16-9-11-17(18)12-10-16)19-13-5-8-15-6-3-2-4-7-15/h2-4,6-7,9-12,14,19H,13H2,1H3. The van der Waals surface area contributed by atoms with Crippen molar-refractivity contribution in [1.82, 2.24) is 5.32 Å². The molecule has 0 fully saturated rings. The van der Waals surface area contributed by atoms with Crippen LogP contribution in [0, 0.1) is 17.7 Å². The highest BCUT2D eigenvalue weighted by Crippen LogP contribution is 2.12. The molecule has 2 heteroatoms. The molecule has 2 aromatic carbocycles. The number of nitrogens with one attached hydrogen (secondary N) is 1. The summed E-state index contributed by atoms with van der Waals surface area (Å²) >= 11 is 0. The molecule has 1 unspecified atom stereocenters. The first kappa shape index (κ1) is 13.3. The summed E-state index contributed by atoms with van der Waals surface area (Å²) in [5, 5.41) is 3.29. The molecule has 0 saturated carbocycles. The van der Waals surface area contributed by atoms with Crippen LogP contribution in [0.25, 0.3) is 0 Å². The maximum Gasteiger partial charge on any atom is 0.123 e. The maximum absolute atomic E-state index is 12.8. The minimum absolute atomic E-state index is 0.158. The van der Waals surface area contributed by atoms with Gasteiger partial charge >= 0.3 is 0 Å². The molecule has 0 aliphatic carbocycles. The van der Waals surface area contributed by atoms with E-state index in [4.69, 9.17) is 0 Å². The summed E-state index contributed by atoms with van der Waals surface area (Å²) in [5.41, 5.74) is 2.07. The Labute approximate surface area is 113 Å². The van der Waals surface area contributed by atoms with Gasteiger partial charge in [-0.3, -0.25) is 5.32 Å². The molecule has 19 heavy (non-hydrogen) atoms. The van der Waals surface area contributed by atoms with Gasteiger partial charge in [-0.15, -0.1) is 0 Å². The van der Waals surface area contributed by atoms with Crippen LogP contribution in [0.15, 0.2) is 54.6 Å². The first-order valence-electron chi connectivity index (χ1n) is 6.28. The third-order valence-corrected chi connectivity index (χ3v) is 2.87. The monoisotopic (exact) mass is 253 g/mol. The molecule has 2 rings (SSSR count). The summed E-state index contributed by atoms with van der Waals surface area (Å²) in [6.07, 6.45) is 0. The molecule has 0 amide bonds. The Morgan fingerprint density at radius 3 is 2.42 bits per heavy atom. The second kappa shape index (κ2) is 6.72. The normalized spacial score (nSPS) is 11.5. The van der Waals surface area contributed by atoms with Gasteiger partial charge in [0.05, 0.1) is 6.54 Å². The number of hydrogen-bond donors (Lipinski definition) is 1. The fraction of sp³-hybridized carbons (Fsp3) is 0.176. The predicted molar refractivity (Wildman–Crippen MR) is 76.1 cm³/mol. The Morgan fingerprint density at radius 2 is 1.74 bits per heavy atom. The zero-order valence-corrected chi connectivity index (χ0v) is 10.9. The van der Waals surface area contributed by atoms with Gasteiger partial charge in [-0.25, -0.2) is 4.39 Å². The average molecular weight is 253 g/mol. The van der Waals surface area contributed by atoms with Crippen LogP contribution in [0.1, 0.15) is 24.1 Å². The van der Waals surface area contributed by atoms with Gasteiger partial charge in [0.15, 0.2) is 0 Å². The van der Waals surface area contributed by atoms with Crippen molar-refractivity contribution in [2.24, 2.45) is 0 Å². The van der Waals surface area contributed by atoms with Crippen molar-refractivity contribution in [2.75, 3.05) is 6.54 Å². The van der Waals surface area contributed by atoms with Gasteiger partial charge in [-0.2, -0.15) is 0 Å². The van der Waals surface area contributed by atoms with E-state index in [-0.39, 0.29) is 11.9 Å². The van der Waals surface area contributed by atoms with Gasteiger partial charge in [0.1, 0.15) is 5.82 Å². The molecule has 0 radical (unpaired) electrons. The highest BCUT2D eigenvalue weighted by Gasteiger charge is 2.02. The van der Waals surface area contributed by atoms with E-state index in [1.165, 1.54) is 12.1 Å². The van der Waals surface area contributed by atoms with Gasteiger partial charge in [0, 0.05) is 11.6 Å². The van der Waals surface area contributed by atoms with Gasteiger partial charge in [0.25, 0.3) is 0 Å². The van der Waals surface area contributed by atoms with Crippen LogP contribution in [0.5, 0.6) is 0 Å². The van der Waals surface area contributed by atoms with Gasteiger partial charge < -0.3 is 0 Å². The fourth-order valence-electron chi connectivity index (χ4n) is 1.74. The summed E-state index contributed by atoms with van der Waals surface area (Å²) in [4.78, 5) is 0. The first-order chi connectivity index (χ1) is 9.25. The molecular formula is C17H16FN. The molecular weight excluding hydrogens is 237 g/mol. The largest absolute Gasteiger partial charge is 0.300 e. The minimum Gasteiger partial charge on any atom is -0.300 e. The lowest BCUT2D eigenvalue weighted by atomic mass is 10.1. The Balaban J connectivity index is 1.86. The van der Waals surface area contributed by atoms with Crippen molar-refractivity contribution < 1.29 is 4.39 Å². The van der Waals surface area contributed by atoms with Crippen molar-refractivity contribution in [1.29, 1.82) is 0 Å². The van der Waals surface area contributed by atoms with E-state index in [0.717, 1.165) is 11.1 Å². The van der Waals surface area contributed by atoms with Gasteiger partial charge in [-0.1, -0.05) is 42.2 Å². The summed E-state index contributed by atoms with van der Waals surface area (Å²) < 4.78 is 12.8. The molecule has 0 bridgehead atoms. The molecule has 1 nitrogen and oxygen atoms in total. The molecule has 0 aliphatic rings. The number of benzene rings is 2. The topological polar surface area (TPSA) is 12.0 Å². The van der Waals surface area contributed by atoms with E-state index in [1.54, 1.807) is 12.1 Å². The summed E-state index contributed by atoms with van der Waals surface area (Å²) in [7, 11) is 0. The molecule has 0 aromatic heterocycles. The lowest BCUT2D eigenvalue weighted by Gasteiger charge is -2.11. The van der Waals surface area contributed by atoms with Gasteiger partial charge in [0.2, 0.25) is 0 Å². The van der Waals surface area contributed by atoms with Crippen molar-refractivity contribution in [2.45, 2.75) is 13.0 Å². The van der Waals surface area contributed by atoms with Crippen LogP contribution in [0.4, 0.5) is 4.39 Å².